The van der Waals surface area contributed by atoms with Gasteiger partial charge >= 0.3 is 0 Å². The van der Waals surface area contributed by atoms with E-state index in [1.54, 1.807) is 0 Å². The number of rotatable bonds is 8. The fraction of sp³-hybridized carbons (Fsp3) is 0.818. The topological polar surface area (TPSA) is 82.2 Å². The van der Waals surface area contributed by atoms with Gasteiger partial charge in [0.1, 0.15) is 0 Å². The maximum absolute atomic E-state index is 10.9. The smallest absolute Gasteiger partial charge is 0.233 e. The van der Waals surface area contributed by atoms with Crippen LogP contribution in [0, 0.1) is 11.3 Å². The molecule has 5 nitrogen and oxygen atoms in total. The van der Waals surface area contributed by atoms with Crippen molar-refractivity contribution in [1.29, 1.82) is 5.26 Å². The number of hydrazine groups is 1. The molecule has 0 atom stereocenters. The summed E-state index contributed by atoms with van der Waals surface area (Å²) in [5.41, 5.74) is 2.13. The summed E-state index contributed by atoms with van der Waals surface area (Å²) < 4.78 is 0. The number of unbranched alkanes of at least 4 members (excludes halogenated alkanes) is 1. The molecule has 1 rings (SSSR count). The molecule has 1 fully saturated rings. The lowest BCUT2D eigenvalue weighted by Gasteiger charge is -2.20. The van der Waals surface area contributed by atoms with Crippen LogP contribution in [-0.2, 0) is 4.79 Å². The monoisotopic (exact) mass is 224 g/mol. The summed E-state index contributed by atoms with van der Waals surface area (Å²) in [6, 6.07) is 2.87. The fourth-order valence-corrected chi connectivity index (χ4v) is 1.78. The number of nitriles is 1. The molecule has 90 valence electrons. The van der Waals surface area contributed by atoms with Gasteiger partial charge in [0.05, 0.1) is 6.07 Å². The number of carbonyl (C=O) groups is 1. The van der Waals surface area contributed by atoms with Gasteiger partial charge in [0.15, 0.2) is 0 Å². The number of hydrogen-bond acceptors (Lipinski definition) is 4. The van der Waals surface area contributed by atoms with Crippen molar-refractivity contribution in [2.45, 2.75) is 44.6 Å². The predicted molar refractivity (Wildman–Crippen MR) is 61.0 cm³/mol. The van der Waals surface area contributed by atoms with Crippen LogP contribution in [0.5, 0.6) is 0 Å². The quantitative estimate of drug-likeness (QED) is 0.272. The number of nitrogens with two attached hydrogens (primary N) is 1. The Bertz CT molecular complexity index is 257. The van der Waals surface area contributed by atoms with Crippen LogP contribution in [-0.4, -0.2) is 29.9 Å². The number of nitrogens with one attached hydrogen (secondary N) is 1. The highest BCUT2D eigenvalue weighted by Crippen LogP contribution is 2.27. The minimum absolute atomic E-state index is 0.102. The molecule has 5 heteroatoms. The molecule has 0 radical (unpaired) electrons. The molecule has 0 aromatic rings. The molecule has 1 aliphatic rings. The predicted octanol–water partition coefficient (Wildman–Crippen LogP) is 0.525. The summed E-state index contributed by atoms with van der Waals surface area (Å²) in [5.74, 6) is 4.89. The number of nitrogens with zero attached hydrogens (tertiary/aromatic N) is 2. The van der Waals surface area contributed by atoms with Crippen LogP contribution < -0.4 is 11.3 Å². The first-order chi connectivity index (χ1) is 7.77. The summed E-state index contributed by atoms with van der Waals surface area (Å²) in [5, 5.41) is 8.55. The highest BCUT2D eigenvalue weighted by atomic mass is 16.2. The molecular weight excluding hydrogens is 204 g/mol. The average Bonchev–Trinajstić information content (AvgIpc) is 3.11. The Morgan fingerprint density at radius 1 is 1.44 bits per heavy atom. The van der Waals surface area contributed by atoms with Crippen LogP contribution in [0.3, 0.4) is 0 Å². The van der Waals surface area contributed by atoms with Crippen molar-refractivity contribution in [3.05, 3.63) is 0 Å². The SMILES string of the molecule is N#CCCN(CCCCC(=O)NN)C1CC1. The van der Waals surface area contributed by atoms with E-state index in [2.05, 4.69) is 16.4 Å². The van der Waals surface area contributed by atoms with E-state index in [0.717, 1.165) is 25.9 Å². The molecule has 3 N–H and O–H groups in total. The molecule has 0 bridgehead atoms. The lowest BCUT2D eigenvalue weighted by Crippen LogP contribution is -2.30. The van der Waals surface area contributed by atoms with Crippen molar-refractivity contribution >= 4 is 5.91 Å². The lowest BCUT2D eigenvalue weighted by molar-refractivity contribution is -0.121. The summed E-state index contributed by atoms with van der Waals surface area (Å²) in [6.45, 7) is 1.86. The molecule has 1 amide bonds. The zero-order chi connectivity index (χ0) is 11.8. The van der Waals surface area contributed by atoms with E-state index >= 15 is 0 Å². The van der Waals surface area contributed by atoms with Crippen molar-refractivity contribution in [2.75, 3.05) is 13.1 Å². The van der Waals surface area contributed by atoms with E-state index in [9.17, 15) is 4.79 Å². The lowest BCUT2D eigenvalue weighted by atomic mass is 10.2. The molecule has 0 spiro atoms. The van der Waals surface area contributed by atoms with Gasteiger partial charge in [-0.1, -0.05) is 0 Å². The Kier molecular flexibility index (Phi) is 5.83. The first-order valence-corrected chi connectivity index (χ1v) is 5.88. The first kappa shape index (κ1) is 12.9. The van der Waals surface area contributed by atoms with Gasteiger partial charge < -0.3 is 0 Å². The zero-order valence-electron chi connectivity index (χ0n) is 9.61. The van der Waals surface area contributed by atoms with E-state index < -0.39 is 0 Å². The molecular formula is C11H20N4O. The molecule has 0 saturated heterocycles. The van der Waals surface area contributed by atoms with Crippen molar-refractivity contribution in [3.63, 3.8) is 0 Å². The summed E-state index contributed by atoms with van der Waals surface area (Å²) >= 11 is 0. The van der Waals surface area contributed by atoms with Crippen LogP contribution in [0.15, 0.2) is 0 Å². The van der Waals surface area contributed by atoms with Crippen molar-refractivity contribution in [3.8, 4) is 6.07 Å². The zero-order valence-corrected chi connectivity index (χ0v) is 9.61. The second kappa shape index (κ2) is 7.20. The molecule has 16 heavy (non-hydrogen) atoms. The van der Waals surface area contributed by atoms with Crippen molar-refractivity contribution in [1.82, 2.24) is 10.3 Å². The van der Waals surface area contributed by atoms with Gasteiger partial charge in [-0.15, -0.1) is 0 Å². The van der Waals surface area contributed by atoms with E-state index in [4.69, 9.17) is 11.1 Å². The van der Waals surface area contributed by atoms with E-state index in [-0.39, 0.29) is 5.91 Å². The fourth-order valence-electron chi connectivity index (χ4n) is 1.78. The normalized spacial score (nSPS) is 14.8. The Balaban J connectivity index is 2.08. The molecule has 0 unspecified atom stereocenters. The van der Waals surface area contributed by atoms with Gasteiger partial charge in [0.2, 0.25) is 5.91 Å². The molecule has 0 aromatic carbocycles. The van der Waals surface area contributed by atoms with Crippen molar-refractivity contribution < 1.29 is 4.79 Å². The molecule has 1 saturated carbocycles. The summed E-state index contributed by atoms with van der Waals surface area (Å²) in [4.78, 5) is 13.2. The summed E-state index contributed by atoms with van der Waals surface area (Å²) in [7, 11) is 0. The standard InChI is InChI=1S/C11H20N4O/c12-7-3-9-15(10-5-6-10)8-2-1-4-11(16)14-13/h10H,1-6,8-9,13H2,(H,14,16). The highest BCUT2D eigenvalue weighted by molar-refractivity contribution is 5.75. The second-order valence-electron chi connectivity index (χ2n) is 4.20. The van der Waals surface area contributed by atoms with Gasteiger partial charge in [-0.3, -0.25) is 15.1 Å². The number of carbonyl (C=O) groups excluding carboxylic acids is 1. The van der Waals surface area contributed by atoms with E-state index in [0.29, 0.717) is 18.9 Å². The van der Waals surface area contributed by atoms with Crippen LogP contribution in [0.25, 0.3) is 0 Å². The van der Waals surface area contributed by atoms with E-state index in [1.807, 2.05) is 0 Å². The summed E-state index contributed by atoms with van der Waals surface area (Å²) in [6.07, 6.45) is 5.46. The molecule has 0 heterocycles. The van der Waals surface area contributed by atoms with E-state index in [1.165, 1.54) is 12.8 Å². The van der Waals surface area contributed by atoms with Gasteiger partial charge in [-0.2, -0.15) is 5.26 Å². The van der Waals surface area contributed by atoms with Crippen LogP contribution >= 0.6 is 0 Å². The van der Waals surface area contributed by atoms with Gasteiger partial charge in [-0.25, -0.2) is 5.84 Å². The van der Waals surface area contributed by atoms with Gasteiger partial charge in [0.25, 0.3) is 0 Å². The maximum Gasteiger partial charge on any atom is 0.233 e. The molecule has 1 aliphatic carbocycles. The Hall–Kier alpha value is -1.12. The minimum Gasteiger partial charge on any atom is -0.299 e. The average molecular weight is 224 g/mol. The van der Waals surface area contributed by atoms with Crippen LogP contribution in [0.2, 0.25) is 0 Å². The maximum atomic E-state index is 10.9. The largest absolute Gasteiger partial charge is 0.299 e. The van der Waals surface area contributed by atoms with Crippen LogP contribution in [0.4, 0.5) is 0 Å². The third-order valence-electron chi connectivity index (χ3n) is 2.83. The third kappa shape index (κ3) is 5.10. The van der Waals surface area contributed by atoms with Gasteiger partial charge in [0, 0.05) is 25.4 Å². The second-order valence-corrected chi connectivity index (χ2v) is 4.20. The first-order valence-electron chi connectivity index (χ1n) is 5.88. The molecule has 0 aromatic heterocycles. The molecule has 0 aliphatic heterocycles. The minimum atomic E-state index is -0.102. The Morgan fingerprint density at radius 2 is 2.19 bits per heavy atom. The van der Waals surface area contributed by atoms with Gasteiger partial charge in [-0.05, 0) is 32.2 Å². The Labute approximate surface area is 96.6 Å². The number of amides is 1. The number of hydrogen-bond donors (Lipinski definition) is 2. The van der Waals surface area contributed by atoms with Crippen LogP contribution in [0.1, 0.15) is 38.5 Å². The van der Waals surface area contributed by atoms with Crippen molar-refractivity contribution in [2.24, 2.45) is 5.84 Å². The Morgan fingerprint density at radius 3 is 2.75 bits per heavy atom. The third-order valence-corrected chi connectivity index (χ3v) is 2.83. The highest BCUT2D eigenvalue weighted by Gasteiger charge is 2.27.